The fourth-order valence-corrected chi connectivity index (χ4v) is 16.6. The molecule has 0 aromatic heterocycles. The summed E-state index contributed by atoms with van der Waals surface area (Å²) < 4.78 is 0. The Labute approximate surface area is 274 Å². The van der Waals surface area contributed by atoms with Crippen molar-refractivity contribution in [2.24, 2.45) is 11.8 Å². The summed E-state index contributed by atoms with van der Waals surface area (Å²) in [5, 5.41) is 1.51. The SMILES string of the molecule is Cc1cc(C)cc(C2CC3c4ccccc4CCC3C2S(C)(C)C2C(c3cc(C)cc(C)c3)CC3c4ccccc4CCC32)c1. The quantitative estimate of drug-likeness (QED) is 0.215. The molecule has 0 spiro atoms. The Balaban J connectivity index is 1.28. The Kier molecular flexibility index (Phi) is 7.36. The minimum atomic E-state index is -1.03. The first kappa shape index (κ1) is 29.6. The number of benzene rings is 4. The van der Waals surface area contributed by atoms with E-state index in [2.05, 4.69) is 125 Å². The summed E-state index contributed by atoms with van der Waals surface area (Å²) in [6, 6.07) is 34.1. The molecule has 0 amide bonds. The van der Waals surface area contributed by atoms with E-state index in [1.54, 1.807) is 33.4 Å². The van der Waals surface area contributed by atoms with Crippen LogP contribution in [0, 0.1) is 39.5 Å². The second kappa shape index (κ2) is 11.2. The molecule has 0 nitrogen and oxygen atoms in total. The van der Waals surface area contributed by atoms with Crippen LogP contribution in [0.2, 0.25) is 0 Å². The maximum atomic E-state index is 2.83. The van der Waals surface area contributed by atoms with Crippen molar-refractivity contribution in [2.45, 2.75) is 100 Å². The van der Waals surface area contributed by atoms with Crippen LogP contribution in [-0.2, 0) is 12.8 Å². The van der Waals surface area contributed by atoms with Crippen LogP contribution in [-0.4, -0.2) is 23.0 Å². The monoisotopic (exact) mass is 612 g/mol. The average molecular weight is 613 g/mol. The van der Waals surface area contributed by atoms with Crippen LogP contribution < -0.4 is 0 Å². The molecular weight excluding hydrogens is 561 g/mol. The largest absolute Gasteiger partial charge is 0.239 e. The van der Waals surface area contributed by atoms with Crippen molar-refractivity contribution in [2.75, 3.05) is 12.5 Å². The molecule has 8 unspecified atom stereocenters. The molecule has 4 aromatic rings. The molecule has 0 radical (unpaired) electrons. The maximum absolute atomic E-state index is 2.83. The number of rotatable bonds is 4. The second-order valence-electron chi connectivity index (χ2n) is 16.0. The van der Waals surface area contributed by atoms with Crippen molar-refractivity contribution in [3.63, 3.8) is 0 Å². The molecular formula is C44H52S. The Morgan fingerprint density at radius 1 is 0.489 bits per heavy atom. The van der Waals surface area contributed by atoms with E-state index in [9.17, 15) is 0 Å². The fraction of sp³-hybridized carbons (Fsp3) is 0.455. The van der Waals surface area contributed by atoms with Crippen LogP contribution in [0.5, 0.6) is 0 Å². The zero-order valence-corrected chi connectivity index (χ0v) is 29.2. The molecule has 0 saturated heterocycles. The van der Waals surface area contributed by atoms with Gasteiger partial charge < -0.3 is 0 Å². The molecule has 1 heteroatoms. The first-order valence-corrected chi connectivity index (χ1v) is 20.3. The Bertz CT molecular complexity index is 1580. The summed E-state index contributed by atoms with van der Waals surface area (Å²) in [5.74, 6) is 4.24. The van der Waals surface area contributed by atoms with Gasteiger partial charge in [-0.15, -0.1) is 0 Å². The van der Waals surface area contributed by atoms with Gasteiger partial charge in [0.25, 0.3) is 0 Å². The second-order valence-corrected chi connectivity index (χ2v) is 20.0. The lowest BCUT2D eigenvalue weighted by Crippen LogP contribution is -2.40. The van der Waals surface area contributed by atoms with Crippen LogP contribution in [0.25, 0.3) is 0 Å². The van der Waals surface area contributed by atoms with Gasteiger partial charge in [0.1, 0.15) is 0 Å². The highest BCUT2D eigenvalue weighted by atomic mass is 32.3. The van der Waals surface area contributed by atoms with Gasteiger partial charge in [-0.3, -0.25) is 0 Å². The lowest BCUT2D eigenvalue weighted by molar-refractivity contribution is 0.412. The Hall–Kier alpha value is -2.77. The Morgan fingerprint density at radius 3 is 1.27 bits per heavy atom. The van der Waals surface area contributed by atoms with Crippen molar-refractivity contribution in [3.8, 4) is 0 Å². The maximum Gasteiger partial charge on any atom is -0.00106 e. The van der Waals surface area contributed by atoms with Crippen molar-refractivity contribution < 1.29 is 0 Å². The molecule has 4 aromatic carbocycles. The molecule has 4 aliphatic carbocycles. The zero-order chi connectivity index (χ0) is 31.0. The minimum Gasteiger partial charge on any atom is -0.239 e. The van der Waals surface area contributed by atoms with Gasteiger partial charge in [0.15, 0.2) is 0 Å². The summed E-state index contributed by atoms with van der Waals surface area (Å²) in [5.41, 5.74) is 15.6. The highest BCUT2D eigenvalue weighted by Crippen LogP contribution is 2.73. The molecule has 0 bridgehead atoms. The Morgan fingerprint density at radius 2 is 0.867 bits per heavy atom. The summed E-state index contributed by atoms with van der Waals surface area (Å²) in [7, 11) is -1.03. The average Bonchev–Trinajstić information content (AvgIpc) is 3.61. The van der Waals surface area contributed by atoms with Gasteiger partial charge >= 0.3 is 0 Å². The topological polar surface area (TPSA) is 0 Å². The number of hydrogen-bond donors (Lipinski definition) is 0. The van der Waals surface area contributed by atoms with Gasteiger partial charge in [-0.1, -0.05) is 107 Å². The molecule has 0 N–H and O–H groups in total. The summed E-state index contributed by atoms with van der Waals surface area (Å²) in [4.78, 5) is 0. The van der Waals surface area contributed by atoms with E-state index in [0.29, 0.717) is 23.7 Å². The van der Waals surface area contributed by atoms with Crippen molar-refractivity contribution in [3.05, 3.63) is 141 Å². The first-order chi connectivity index (χ1) is 21.7. The molecule has 8 rings (SSSR count). The van der Waals surface area contributed by atoms with E-state index in [1.807, 2.05) is 0 Å². The minimum absolute atomic E-state index is 0.643. The van der Waals surface area contributed by atoms with Gasteiger partial charge in [-0.25, -0.2) is 10.0 Å². The van der Waals surface area contributed by atoms with Crippen molar-refractivity contribution in [1.29, 1.82) is 0 Å². The predicted octanol–water partition coefficient (Wildman–Crippen LogP) is 11.1. The van der Waals surface area contributed by atoms with Crippen LogP contribution in [0.3, 0.4) is 0 Å². The van der Waals surface area contributed by atoms with Crippen LogP contribution in [0.15, 0.2) is 84.9 Å². The molecule has 2 fully saturated rings. The van der Waals surface area contributed by atoms with Gasteiger partial charge in [0.05, 0.1) is 0 Å². The molecule has 8 atom stereocenters. The molecule has 0 aliphatic heterocycles. The standard InChI is InChI=1S/C44H52S/c1-27-19-28(2)22-33(21-27)39-25-41-35-13-9-7-11-31(35)15-17-37(41)43(39)45(5,6)44-38-18-16-32-12-8-10-14-36(32)42(38)26-40(44)34-23-29(3)20-30(4)24-34/h7-14,19-24,37-44H,15-18,25-26H2,1-6H3. The van der Waals surface area contributed by atoms with Crippen LogP contribution in [0.1, 0.15) is 105 Å². The highest BCUT2D eigenvalue weighted by Gasteiger charge is 2.58. The first-order valence-electron chi connectivity index (χ1n) is 17.7. The van der Waals surface area contributed by atoms with Crippen molar-refractivity contribution in [1.82, 2.24) is 0 Å². The van der Waals surface area contributed by atoms with Gasteiger partial charge in [-0.05, 0) is 158 Å². The van der Waals surface area contributed by atoms with E-state index in [4.69, 9.17) is 0 Å². The normalized spacial score (nSPS) is 30.7. The van der Waals surface area contributed by atoms with Gasteiger partial charge in [0, 0.05) is 0 Å². The molecule has 4 aliphatic rings. The molecule has 0 heterocycles. The summed E-state index contributed by atoms with van der Waals surface area (Å²) >= 11 is 0. The van der Waals surface area contributed by atoms with Crippen LogP contribution in [0.4, 0.5) is 0 Å². The lowest BCUT2D eigenvalue weighted by atomic mass is 9.77. The summed E-state index contributed by atoms with van der Waals surface area (Å²) in [6.07, 6.45) is 13.6. The van der Waals surface area contributed by atoms with Gasteiger partial charge in [-0.2, -0.15) is 0 Å². The van der Waals surface area contributed by atoms with E-state index in [1.165, 1.54) is 60.8 Å². The third kappa shape index (κ3) is 4.95. The van der Waals surface area contributed by atoms with Crippen molar-refractivity contribution >= 4 is 10.0 Å². The highest BCUT2D eigenvalue weighted by molar-refractivity contribution is 8.33. The third-order valence-corrected chi connectivity index (χ3v) is 17.0. The smallest absolute Gasteiger partial charge is 0.00106 e. The lowest BCUT2D eigenvalue weighted by Gasteiger charge is -2.54. The molecule has 45 heavy (non-hydrogen) atoms. The number of aryl methyl sites for hydroxylation is 6. The predicted molar refractivity (Wildman–Crippen MR) is 196 cm³/mol. The molecule has 2 saturated carbocycles. The molecule has 234 valence electrons. The van der Waals surface area contributed by atoms with E-state index in [-0.39, 0.29) is 0 Å². The van der Waals surface area contributed by atoms with E-state index in [0.717, 1.165) is 22.3 Å². The van der Waals surface area contributed by atoms with E-state index >= 15 is 0 Å². The van der Waals surface area contributed by atoms with Crippen LogP contribution >= 0.6 is 10.0 Å². The van der Waals surface area contributed by atoms with Gasteiger partial charge in [0.2, 0.25) is 0 Å². The zero-order valence-electron chi connectivity index (χ0n) is 28.4. The number of fused-ring (bicyclic) bond motifs is 6. The fourth-order valence-electron chi connectivity index (χ4n) is 11.6. The van der Waals surface area contributed by atoms with E-state index < -0.39 is 10.0 Å². The third-order valence-electron chi connectivity index (χ3n) is 12.8. The summed E-state index contributed by atoms with van der Waals surface area (Å²) in [6.45, 7) is 9.27. The number of hydrogen-bond acceptors (Lipinski definition) is 0.